The van der Waals surface area contributed by atoms with Gasteiger partial charge in [0.2, 0.25) is 0 Å². The number of aliphatic hydroxyl groups excluding tert-OH is 1. The first kappa shape index (κ1) is 28.2. The Kier molecular flexibility index (Phi) is 11.3. The quantitative estimate of drug-likeness (QED) is 0.474. The molecule has 1 aromatic heterocycles. The van der Waals surface area contributed by atoms with Gasteiger partial charge in [0.1, 0.15) is 26.9 Å². The molecule has 33 heavy (non-hydrogen) atoms. The second kappa shape index (κ2) is 13.2. The van der Waals surface area contributed by atoms with E-state index in [0.717, 1.165) is 29.4 Å². The van der Waals surface area contributed by atoms with E-state index in [2.05, 4.69) is 36.8 Å². The third-order valence-electron chi connectivity index (χ3n) is 6.36. The van der Waals surface area contributed by atoms with Gasteiger partial charge in [0.25, 0.3) is 0 Å². The molecule has 2 heterocycles. The van der Waals surface area contributed by atoms with Crippen molar-refractivity contribution in [2.75, 3.05) is 6.61 Å². The van der Waals surface area contributed by atoms with E-state index in [0.29, 0.717) is 16.8 Å². The monoisotopic (exact) mass is 590 g/mol. The maximum absolute atomic E-state index is 12.6. The number of nitrogens with zero attached hydrogens (tertiary/aromatic N) is 2. The molecule has 1 N–H and O–H groups in total. The Morgan fingerprint density at radius 2 is 1.88 bits per heavy atom. The lowest BCUT2D eigenvalue weighted by atomic mass is 9.89. The molecule has 4 unspecified atom stereocenters. The molecule has 1 aliphatic rings. The van der Waals surface area contributed by atoms with Gasteiger partial charge < -0.3 is 19.1 Å². The van der Waals surface area contributed by atoms with E-state index in [1.807, 2.05) is 38.5 Å². The molecule has 0 amide bonds. The lowest BCUT2D eigenvalue weighted by Crippen LogP contribution is -2.29. The van der Waals surface area contributed by atoms with Gasteiger partial charge in [-0.25, -0.2) is 4.98 Å². The normalized spacial score (nSPS) is 29.7. The molecule has 0 bridgehead atoms. The van der Waals surface area contributed by atoms with Crippen molar-refractivity contribution in [3.63, 3.8) is 0 Å². The zero-order valence-electron chi connectivity index (χ0n) is 20.1. The summed E-state index contributed by atoms with van der Waals surface area (Å²) in [6.45, 7) is 7.93. The predicted octanol–water partition coefficient (Wildman–Crippen LogP) is 5.22. The highest BCUT2D eigenvalue weighted by Gasteiger charge is 2.25. The van der Waals surface area contributed by atoms with Crippen molar-refractivity contribution in [3.05, 3.63) is 20.6 Å². The van der Waals surface area contributed by atoms with Gasteiger partial charge in [-0.1, -0.05) is 20.3 Å². The number of hydrogen-bond acceptors (Lipinski definition) is 6. The van der Waals surface area contributed by atoms with E-state index in [9.17, 15) is 14.7 Å². The Balaban J connectivity index is 2.19. The van der Waals surface area contributed by atoms with Crippen molar-refractivity contribution in [2.24, 2.45) is 18.9 Å². The number of Topliss-reactive ketones (excluding diaryl/α,β-unsaturated/α-hetero) is 1. The number of halogens is 2. The number of hydrogen-bond donors (Lipinski definition) is 1. The third kappa shape index (κ3) is 8.60. The molecule has 1 aliphatic heterocycles. The van der Waals surface area contributed by atoms with Crippen molar-refractivity contribution >= 4 is 49.7 Å². The SMILES string of the molecule is C/C(=C\c1nc(Br)c(Br)n1C)C1COC(C)CCC[C@H](C)C(O)CC(=O)C(C)CCC(=O)O1. The molecule has 1 saturated heterocycles. The predicted molar refractivity (Wildman–Crippen MR) is 135 cm³/mol. The summed E-state index contributed by atoms with van der Waals surface area (Å²) in [6, 6.07) is 0. The van der Waals surface area contributed by atoms with Crippen molar-refractivity contribution in [1.82, 2.24) is 9.55 Å². The first-order valence-electron chi connectivity index (χ1n) is 11.6. The van der Waals surface area contributed by atoms with Gasteiger partial charge in [-0.3, -0.25) is 9.59 Å². The maximum Gasteiger partial charge on any atom is 0.306 e. The van der Waals surface area contributed by atoms with Crippen LogP contribution in [0.1, 0.15) is 72.0 Å². The number of aromatic nitrogens is 2. The second-order valence-corrected chi connectivity index (χ2v) is 10.7. The zero-order chi connectivity index (χ0) is 24.7. The Labute approximate surface area is 213 Å². The van der Waals surface area contributed by atoms with Gasteiger partial charge in [0.15, 0.2) is 0 Å². The summed E-state index contributed by atoms with van der Waals surface area (Å²) in [5.74, 6) is 0.0761. The average Bonchev–Trinajstić information content (AvgIpc) is 3.00. The summed E-state index contributed by atoms with van der Waals surface area (Å²) >= 11 is 6.89. The summed E-state index contributed by atoms with van der Waals surface area (Å²) in [6.07, 6.45) is 3.86. The molecule has 2 rings (SSSR count). The van der Waals surface area contributed by atoms with Crippen LogP contribution < -0.4 is 0 Å². The van der Waals surface area contributed by atoms with E-state index < -0.39 is 12.2 Å². The first-order chi connectivity index (χ1) is 15.5. The highest BCUT2D eigenvalue weighted by atomic mass is 79.9. The molecule has 1 fully saturated rings. The van der Waals surface area contributed by atoms with Crippen LogP contribution in [0, 0.1) is 11.8 Å². The van der Waals surface area contributed by atoms with E-state index in [4.69, 9.17) is 9.47 Å². The number of rotatable bonds is 2. The van der Waals surface area contributed by atoms with Gasteiger partial charge in [-0.15, -0.1) is 0 Å². The minimum Gasteiger partial charge on any atom is -0.455 e. The van der Waals surface area contributed by atoms with Crippen LogP contribution in [0.4, 0.5) is 0 Å². The standard InChI is InChI=1S/C24H36Br2N2O5/c1-14-7-6-8-17(4)32-13-20(16(3)11-21-27-23(25)24(26)28(21)5)33-22(31)10-9-15(2)19(30)12-18(14)29/h11,14-15,17-18,20,29H,6-10,12-13H2,1-5H3/b16-11+/t14-,15?,17?,18?,20?/m0/s1. The Hall–Kier alpha value is -1.03. The van der Waals surface area contributed by atoms with E-state index in [1.54, 1.807) is 6.92 Å². The fourth-order valence-corrected chi connectivity index (χ4v) is 4.44. The van der Waals surface area contributed by atoms with Crippen LogP contribution in [-0.2, 0) is 26.1 Å². The molecule has 186 valence electrons. The maximum atomic E-state index is 12.6. The molecule has 5 atom stereocenters. The Bertz CT molecular complexity index is 854. The molecular formula is C24H36Br2N2O5. The van der Waals surface area contributed by atoms with Gasteiger partial charge in [-0.2, -0.15) is 0 Å². The van der Waals surface area contributed by atoms with Crippen LogP contribution in [0.3, 0.4) is 0 Å². The van der Waals surface area contributed by atoms with E-state index in [1.165, 1.54) is 0 Å². The molecule has 0 radical (unpaired) electrons. The molecule has 0 aliphatic carbocycles. The van der Waals surface area contributed by atoms with Gasteiger partial charge in [-0.05, 0) is 82.5 Å². The van der Waals surface area contributed by atoms with Gasteiger partial charge in [0, 0.05) is 25.8 Å². The van der Waals surface area contributed by atoms with Crippen LogP contribution in [-0.4, -0.2) is 51.3 Å². The van der Waals surface area contributed by atoms with Gasteiger partial charge in [0.05, 0.1) is 18.8 Å². The van der Waals surface area contributed by atoms with Crippen molar-refractivity contribution < 1.29 is 24.2 Å². The highest BCUT2D eigenvalue weighted by Crippen LogP contribution is 2.25. The van der Waals surface area contributed by atoms with Crippen LogP contribution in [0.5, 0.6) is 0 Å². The number of carbonyl (C=O) groups is 2. The molecule has 1 aromatic rings. The summed E-state index contributed by atoms with van der Waals surface area (Å²) < 4.78 is 15.2. The number of esters is 1. The van der Waals surface area contributed by atoms with Crippen molar-refractivity contribution in [2.45, 2.75) is 84.5 Å². The van der Waals surface area contributed by atoms with Crippen LogP contribution >= 0.6 is 31.9 Å². The van der Waals surface area contributed by atoms with Crippen LogP contribution in [0.2, 0.25) is 0 Å². The lowest BCUT2D eigenvalue weighted by molar-refractivity contribution is -0.151. The smallest absolute Gasteiger partial charge is 0.306 e. The summed E-state index contributed by atoms with van der Waals surface area (Å²) in [5, 5.41) is 10.4. The number of aliphatic hydroxyl groups is 1. The average molecular weight is 592 g/mol. The number of carbonyl (C=O) groups excluding carboxylic acids is 2. The summed E-state index contributed by atoms with van der Waals surface area (Å²) in [7, 11) is 1.89. The lowest BCUT2D eigenvalue weighted by Gasteiger charge is -2.24. The van der Waals surface area contributed by atoms with Crippen molar-refractivity contribution in [3.8, 4) is 0 Å². The zero-order valence-corrected chi connectivity index (χ0v) is 23.3. The molecule has 0 saturated carbocycles. The van der Waals surface area contributed by atoms with Crippen LogP contribution in [0.15, 0.2) is 14.8 Å². The fourth-order valence-electron chi connectivity index (χ4n) is 3.72. The Morgan fingerprint density at radius 1 is 1.18 bits per heavy atom. The number of ether oxygens (including phenoxy) is 2. The molecule has 0 spiro atoms. The summed E-state index contributed by atoms with van der Waals surface area (Å²) in [5.41, 5.74) is 0.825. The summed E-state index contributed by atoms with van der Waals surface area (Å²) in [4.78, 5) is 29.6. The fraction of sp³-hybridized carbons (Fsp3) is 0.708. The number of cyclic esters (lactones) is 1. The third-order valence-corrected chi connectivity index (χ3v) is 8.35. The van der Waals surface area contributed by atoms with Crippen LogP contribution in [0.25, 0.3) is 6.08 Å². The largest absolute Gasteiger partial charge is 0.455 e. The second-order valence-electron chi connectivity index (χ2n) is 9.21. The molecule has 7 nitrogen and oxygen atoms in total. The molecule has 0 aromatic carbocycles. The number of ketones is 1. The highest BCUT2D eigenvalue weighted by molar-refractivity contribution is 9.13. The molecular weight excluding hydrogens is 556 g/mol. The topological polar surface area (TPSA) is 90.6 Å². The van der Waals surface area contributed by atoms with E-state index in [-0.39, 0.29) is 49.1 Å². The minimum atomic E-state index is -0.653. The van der Waals surface area contributed by atoms with Gasteiger partial charge >= 0.3 is 5.97 Å². The molecule has 9 heteroatoms. The number of imidazole rings is 1. The van der Waals surface area contributed by atoms with E-state index >= 15 is 0 Å². The first-order valence-corrected chi connectivity index (χ1v) is 13.2. The van der Waals surface area contributed by atoms with Crippen molar-refractivity contribution in [1.29, 1.82) is 0 Å². The minimum absolute atomic E-state index is 0.00971. The Morgan fingerprint density at radius 3 is 2.52 bits per heavy atom.